The van der Waals surface area contributed by atoms with Gasteiger partial charge in [0.25, 0.3) is 0 Å². The lowest BCUT2D eigenvalue weighted by molar-refractivity contribution is -0.385. The SMILES string of the molecule is Cc1cnc(CNc2cc(C(=O)O)c([N+](=O)[O-])cn2)s1. The highest BCUT2D eigenvalue weighted by Gasteiger charge is 2.20. The minimum Gasteiger partial charge on any atom is -0.477 e. The van der Waals surface area contributed by atoms with Crippen LogP contribution in [-0.2, 0) is 6.54 Å². The first-order chi connectivity index (χ1) is 9.47. The van der Waals surface area contributed by atoms with Crippen molar-refractivity contribution in [3.63, 3.8) is 0 Å². The van der Waals surface area contributed by atoms with Gasteiger partial charge in [-0.25, -0.2) is 14.8 Å². The molecule has 0 amide bonds. The molecule has 0 aliphatic carbocycles. The molecule has 2 aromatic heterocycles. The van der Waals surface area contributed by atoms with E-state index < -0.39 is 22.1 Å². The van der Waals surface area contributed by atoms with Gasteiger partial charge in [0, 0.05) is 17.1 Å². The van der Waals surface area contributed by atoms with Gasteiger partial charge in [0.05, 0.1) is 11.5 Å². The number of thiazole rings is 1. The maximum absolute atomic E-state index is 11.0. The normalized spacial score (nSPS) is 10.2. The van der Waals surface area contributed by atoms with E-state index in [1.807, 2.05) is 6.92 Å². The van der Waals surface area contributed by atoms with E-state index in [0.29, 0.717) is 6.54 Å². The van der Waals surface area contributed by atoms with E-state index in [-0.39, 0.29) is 5.82 Å². The second-order valence-corrected chi connectivity index (χ2v) is 5.19. The Bertz CT molecular complexity index is 670. The number of hydrogen-bond donors (Lipinski definition) is 2. The molecule has 0 unspecified atom stereocenters. The molecule has 9 heteroatoms. The van der Waals surface area contributed by atoms with Crippen LogP contribution in [0, 0.1) is 17.0 Å². The number of nitrogens with zero attached hydrogens (tertiary/aromatic N) is 3. The van der Waals surface area contributed by atoms with Gasteiger partial charge in [-0.2, -0.15) is 0 Å². The van der Waals surface area contributed by atoms with Crippen molar-refractivity contribution in [3.8, 4) is 0 Å². The highest BCUT2D eigenvalue weighted by Crippen LogP contribution is 2.21. The first-order valence-corrected chi connectivity index (χ1v) is 6.32. The lowest BCUT2D eigenvalue weighted by Crippen LogP contribution is -2.07. The number of carbonyl (C=O) groups is 1. The van der Waals surface area contributed by atoms with Gasteiger partial charge >= 0.3 is 11.7 Å². The van der Waals surface area contributed by atoms with Crippen molar-refractivity contribution < 1.29 is 14.8 Å². The summed E-state index contributed by atoms with van der Waals surface area (Å²) in [5.74, 6) is -1.12. The van der Waals surface area contributed by atoms with Crippen LogP contribution in [0.15, 0.2) is 18.5 Å². The van der Waals surface area contributed by atoms with Crippen LogP contribution in [0.1, 0.15) is 20.2 Å². The minimum absolute atomic E-state index is 0.251. The number of aromatic carboxylic acids is 1. The maximum Gasteiger partial charge on any atom is 0.342 e. The van der Waals surface area contributed by atoms with Gasteiger partial charge in [-0.05, 0) is 6.92 Å². The third-order valence-corrected chi connectivity index (χ3v) is 3.31. The molecule has 0 saturated carbocycles. The topological polar surface area (TPSA) is 118 Å². The van der Waals surface area contributed by atoms with Crippen LogP contribution in [0.25, 0.3) is 0 Å². The van der Waals surface area contributed by atoms with Crippen molar-refractivity contribution >= 4 is 28.8 Å². The van der Waals surface area contributed by atoms with Crippen LogP contribution >= 0.6 is 11.3 Å². The summed E-state index contributed by atoms with van der Waals surface area (Å²) in [5, 5.41) is 23.4. The molecule has 2 aromatic rings. The van der Waals surface area contributed by atoms with Crippen molar-refractivity contribution in [3.05, 3.63) is 44.0 Å². The van der Waals surface area contributed by atoms with E-state index in [0.717, 1.165) is 22.1 Å². The van der Waals surface area contributed by atoms with Crippen molar-refractivity contribution in [2.24, 2.45) is 0 Å². The maximum atomic E-state index is 11.0. The number of aromatic nitrogens is 2. The molecule has 0 saturated heterocycles. The molecule has 0 aliphatic rings. The monoisotopic (exact) mass is 294 g/mol. The quantitative estimate of drug-likeness (QED) is 0.640. The van der Waals surface area contributed by atoms with Gasteiger partial charge in [0.15, 0.2) is 0 Å². The molecule has 104 valence electrons. The van der Waals surface area contributed by atoms with Crippen LogP contribution in [0.3, 0.4) is 0 Å². The summed E-state index contributed by atoms with van der Waals surface area (Å²) in [5.41, 5.74) is -0.934. The van der Waals surface area contributed by atoms with Crippen LogP contribution in [0.2, 0.25) is 0 Å². The van der Waals surface area contributed by atoms with E-state index in [2.05, 4.69) is 15.3 Å². The molecule has 2 heterocycles. The number of pyridine rings is 1. The fourth-order valence-electron chi connectivity index (χ4n) is 1.51. The van der Waals surface area contributed by atoms with Gasteiger partial charge in [-0.15, -0.1) is 11.3 Å². The predicted octanol–water partition coefficient (Wildman–Crippen LogP) is 2.07. The standard InChI is InChI=1S/C11H10N4O4S/c1-6-3-14-10(20-6)5-13-9-2-7(11(16)17)8(4-12-9)15(18)19/h2-4H,5H2,1H3,(H,12,13)(H,16,17). The van der Waals surface area contributed by atoms with Gasteiger partial charge in [0.1, 0.15) is 22.6 Å². The van der Waals surface area contributed by atoms with Crippen molar-refractivity contribution in [2.75, 3.05) is 5.32 Å². The van der Waals surface area contributed by atoms with Crippen molar-refractivity contribution in [1.29, 1.82) is 0 Å². The minimum atomic E-state index is -1.37. The van der Waals surface area contributed by atoms with Gasteiger partial charge < -0.3 is 10.4 Å². The van der Waals surface area contributed by atoms with Crippen LogP contribution < -0.4 is 5.32 Å². The largest absolute Gasteiger partial charge is 0.477 e. The number of rotatable bonds is 5. The van der Waals surface area contributed by atoms with Gasteiger partial charge in [-0.1, -0.05) is 0 Å². The molecule has 0 fully saturated rings. The van der Waals surface area contributed by atoms with Crippen LogP contribution in [0.5, 0.6) is 0 Å². The number of aryl methyl sites for hydroxylation is 1. The van der Waals surface area contributed by atoms with E-state index in [1.165, 1.54) is 11.3 Å². The Morgan fingerprint density at radius 1 is 1.50 bits per heavy atom. The van der Waals surface area contributed by atoms with E-state index >= 15 is 0 Å². The lowest BCUT2D eigenvalue weighted by atomic mass is 10.2. The van der Waals surface area contributed by atoms with Crippen molar-refractivity contribution in [2.45, 2.75) is 13.5 Å². The highest BCUT2D eigenvalue weighted by molar-refractivity contribution is 7.11. The average molecular weight is 294 g/mol. The van der Waals surface area contributed by atoms with E-state index in [1.54, 1.807) is 6.20 Å². The number of anilines is 1. The molecule has 20 heavy (non-hydrogen) atoms. The first-order valence-electron chi connectivity index (χ1n) is 5.50. The van der Waals surface area contributed by atoms with Crippen molar-refractivity contribution in [1.82, 2.24) is 9.97 Å². The Hall–Kier alpha value is -2.55. The summed E-state index contributed by atoms with van der Waals surface area (Å²) in [6, 6.07) is 1.14. The predicted molar refractivity (Wildman–Crippen MR) is 72.0 cm³/mol. The summed E-state index contributed by atoms with van der Waals surface area (Å²) in [6.07, 6.45) is 2.66. The van der Waals surface area contributed by atoms with Crippen LogP contribution in [0.4, 0.5) is 11.5 Å². The fraction of sp³-hybridized carbons (Fsp3) is 0.182. The molecular weight excluding hydrogens is 284 g/mol. The van der Waals surface area contributed by atoms with Crippen LogP contribution in [-0.4, -0.2) is 26.0 Å². The molecule has 0 spiro atoms. The van der Waals surface area contributed by atoms with E-state index in [4.69, 9.17) is 5.11 Å². The molecule has 0 aromatic carbocycles. The summed E-state index contributed by atoms with van der Waals surface area (Å²) in [7, 11) is 0. The summed E-state index contributed by atoms with van der Waals surface area (Å²) in [6.45, 7) is 2.30. The number of carboxylic acids is 1. The highest BCUT2D eigenvalue weighted by atomic mass is 32.1. The number of nitrogens with one attached hydrogen (secondary N) is 1. The molecule has 2 N–H and O–H groups in total. The molecule has 0 aliphatic heterocycles. The van der Waals surface area contributed by atoms with E-state index in [9.17, 15) is 14.9 Å². The molecule has 8 nitrogen and oxygen atoms in total. The molecule has 0 radical (unpaired) electrons. The molecule has 2 rings (SSSR count). The van der Waals surface area contributed by atoms with Gasteiger partial charge in [-0.3, -0.25) is 10.1 Å². The Balaban J connectivity index is 2.18. The second-order valence-electron chi connectivity index (χ2n) is 3.87. The lowest BCUT2D eigenvalue weighted by Gasteiger charge is -2.04. The second kappa shape index (κ2) is 5.61. The third kappa shape index (κ3) is 3.06. The summed E-state index contributed by atoms with van der Waals surface area (Å²) < 4.78 is 0. The molecule has 0 atom stereocenters. The average Bonchev–Trinajstić information content (AvgIpc) is 2.81. The first kappa shape index (κ1) is 13.9. The zero-order valence-corrected chi connectivity index (χ0v) is 11.2. The Kier molecular flexibility index (Phi) is 3.89. The van der Waals surface area contributed by atoms with Gasteiger partial charge in [0.2, 0.25) is 0 Å². The Labute approximate surface area is 117 Å². The summed E-state index contributed by atoms with van der Waals surface area (Å²) >= 11 is 1.50. The molecule has 0 bridgehead atoms. The number of carboxylic acid groups (broad SMARTS) is 1. The number of nitro groups is 1. The number of hydrogen-bond acceptors (Lipinski definition) is 7. The zero-order valence-electron chi connectivity index (χ0n) is 10.4. The zero-order chi connectivity index (χ0) is 14.7. The Morgan fingerprint density at radius 2 is 2.25 bits per heavy atom. The smallest absolute Gasteiger partial charge is 0.342 e. The third-order valence-electron chi connectivity index (χ3n) is 2.40. The Morgan fingerprint density at radius 3 is 2.80 bits per heavy atom. The fourth-order valence-corrected chi connectivity index (χ4v) is 2.24. The molecular formula is C11H10N4O4S. The summed E-state index contributed by atoms with van der Waals surface area (Å²) in [4.78, 5) is 29.9.